The molecule has 0 bridgehead atoms. The molecule has 4 aromatic rings. The minimum absolute atomic E-state index is 0.734. The lowest BCUT2D eigenvalue weighted by molar-refractivity contribution is 0.415. The van der Waals surface area contributed by atoms with E-state index in [1.807, 2.05) is 66.7 Å². The number of hydrogen-bond acceptors (Lipinski definition) is 4. The predicted octanol–water partition coefficient (Wildman–Crippen LogP) is 5.55. The normalized spacial score (nSPS) is 10.6. The summed E-state index contributed by atoms with van der Waals surface area (Å²) in [6.45, 7) is 0. The molecule has 0 unspecified atom stereocenters. The maximum atomic E-state index is 5.25. The van der Waals surface area contributed by atoms with Crippen molar-refractivity contribution in [2.24, 2.45) is 0 Å². The van der Waals surface area contributed by atoms with Crippen LogP contribution in [-0.4, -0.2) is 17.1 Å². The zero-order chi connectivity index (χ0) is 17.1. The molecule has 0 amide bonds. The summed E-state index contributed by atoms with van der Waals surface area (Å²) in [5.41, 5.74) is 3.89. The number of ether oxygens (including phenoxy) is 1. The van der Waals surface area contributed by atoms with Crippen LogP contribution in [0.3, 0.4) is 0 Å². The summed E-state index contributed by atoms with van der Waals surface area (Å²) < 4.78 is 5.25. The van der Waals surface area contributed by atoms with Crippen molar-refractivity contribution >= 4 is 11.3 Å². The van der Waals surface area contributed by atoms with Crippen LogP contribution in [0.1, 0.15) is 0 Å². The summed E-state index contributed by atoms with van der Waals surface area (Å²) in [4.78, 5) is 10.7. The molecule has 2 aromatic heterocycles. The summed E-state index contributed by atoms with van der Waals surface area (Å²) in [6.07, 6.45) is 0. The lowest BCUT2D eigenvalue weighted by Crippen LogP contribution is -1.95. The Hall–Kier alpha value is -2.98. The van der Waals surface area contributed by atoms with Crippen molar-refractivity contribution in [1.29, 1.82) is 0 Å². The van der Waals surface area contributed by atoms with E-state index in [1.165, 1.54) is 0 Å². The lowest BCUT2D eigenvalue weighted by Gasteiger charge is -2.08. The number of hydrogen-bond donors (Lipinski definition) is 0. The molecule has 3 nitrogen and oxygen atoms in total. The maximum absolute atomic E-state index is 5.25. The minimum atomic E-state index is 0.734. The van der Waals surface area contributed by atoms with Crippen LogP contribution >= 0.6 is 11.3 Å². The van der Waals surface area contributed by atoms with E-state index in [0.717, 1.165) is 39.0 Å². The fourth-order valence-electron chi connectivity index (χ4n) is 2.62. The molecule has 0 N–H and O–H groups in total. The third-order valence-corrected chi connectivity index (χ3v) is 4.81. The van der Waals surface area contributed by atoms with Crippen molar-refractivity contribution in [3.8, 4) is 39.0 Å². The van der Waals surface area contributed by atoms with Crippen molar-refractivity contribution in [2.45, 2.75) is 0 Å². The Labute approximate surface area is 150 Å². The molecule has 0 fully saturated rings. The van der Waals surface area contributed by atoms with E-state index in [0.29, 0.717) is 0 Å². The van der Waals surface area contributed by atoms with Crippen molar-refractivity contribution in [1.82, 2.24) is 9.97 Å². The monoisotopic (exact) mass is 344 g/mol. The van der Waals surface area contributed by atoms with Gasteiger partial charge in [-0.2, -0.15) is 0 Å². The van der Waals surface area contributed by atoms with Gasteiger partial charge in [-0.15, -0.1) is 11.3 Å². The first-order chi connectivity index (χ1) is 12.3. The molecule has 122 valence electrons. The zero-order valence-electron chi connectivity index (χ0n) is 13.7. The highest BCUT2D eigenvalue weighted by Gasteiger charge is 2.11. The maximum Gasteiger partial charge on any atom is 0.160 e. The molecule has 25 heavy (non-hydrogen) atoms. The number of thiophene rings is 1. The van der Waals surface area contributed by atoms with Crippen molar-refractivity contribution in [3.05, 3.63) is 78.2 Å². The van der Waals surface area contributed by atoms with E-state index < -0.39 is 0 Å². The van der Waals surface area contributed by atoms with Crippen LogP contribution in [0.25, 0.3) is 33.2 Å². The van der Waals surface area contributed by atoms with E-state index in [9.17, 15) is 0 Å². The average molecular weight is 344 g/mol. The molecular weight excluding hydrogens is 328 g/mol. The Morgan fingerprint density at radius 2 is 1.52 bits per heavy atom. The van der Waals surface area contributed by atoms with E-state index in [4.69, 9.17) is 14.7 Å². The third-order valence-electron chi connectivity index (χ3n) is 3.92. The van der Waals surface area contributed by atoms with Gasteiger partial charge in [0.25, 0.3) is 0 Å². The van der Waals surface area contributed by atoms with Crippen LogP contribution in [-0.2, 0) is 0 Å². The summed E-state index contributed by atoms with van der Waals surface area (Å²) in [6, 6.07) is 24.2. The molecule has 0 spiro atoms. The quantitative estimate of drug-likeness (QED) is 0.487. The number of rotatable bonds is 4. The second-order valence-corrected chi connectivity index (χ2v) is 6.48. The summed E-state index contributed by atoms with van der Waals surface area (Å²) in [5, 5.41) is 2.06. The smallest absolute Gasteiger partial charge is 0.160 e. The standard InChI is InChI=1S/C21H16N2OS/c1-24-17-11-9-15(10-12-17)18-14-19(20-8-5-13-25-20)23-21(22-18)16-6-3-2-4-7-16/h2-14H,1H3. The minimum Gasteiger partial charge on any atom is -0.497 e. The molecule has 0 saturated heterocycles. The lowest BCUT2D eigenvalue weighted by atomic mass is 10.1. The van der Waals surface area contributed by atoms with E-state index >= 15 is 0 Å². The highest BCUT2D eigenvalue weighted by molar-refractivity contribution is 7.13. The Kier molecular flexibility index (Phi) is 4.27. The van der Waals surface area contributed by atoms with Gasteiger partial charge in [0.1, 0.15) is 5.75 Å². The van der Waals surface area contributed by atoms with E-state index in [-0.39, 0.29) is 0 Å². The van der Waals surface area contributed by atoms with Crippen molar-refractivity contribution < 1.29 is 4.74 Å². The molecule has 0 aliphatic carbocycles. The van der Waals surface area contributed by atoms with Gasteiger partial charge in [-0.3, -0.25) is 0 Å². The van der Waals surface area contributed by atoms with Gasteiger partial charge in [0, 0.05) is 11.1 Å². The van der Waals surface area contributed by atoms with Crippen molar-refractivity contribution in [3.63, 3.8) is 0 Å². The van der Waals surface area contributed by atoms with Gasteiger partial charge in [0.15, 0.2) is 5.82 Å². The Balaban J connectivity index is 1.86. The number of nitrogens with zero attached hydrogens (tertiary/aromatic N) is 2. The summed E-state index contributed by atoms with van der Waals surface area (Å²) >= 11 is 1.68. The van der Waals surface area contributed by atoms with Gasteiger partial charge in [0.05, 0.1) is 23.4 Å². The molecule has 0 atom stereocenters. The topological polar surface area (TPSA) is 35.0 Å². The molecule has 2 aromatic carbocycles. The van der Waals surface area contributed by atoms with Crippen LogP contribution in [0.4, 0.5) is 0 Å². The second-order valence-electron chi connectivity index (χ2n) is 5.53. The first-order valence-corrected chi connectivity index (χ1v) is 8.84. The fourth-order valence-corrected chi connectivity index (χ4v) is 3.31. The number of methoxy groups -OCH3 is 1. The Morgan fingerprint density at radius 3 is 2.20 bits per heavy atom. The molecule has 4 rings (SSSR count). The van der Waals surface area contributed by atoms with Crippen LogP contribution in [0.15, 0.2) is 78.2 Å². The first-order valence-electron chi connectivity index (χ1n) is 7.96. The predicted molar refractivity (Wildman–Crippen MR) is 103 cm³/mol. The molecule has 0 aliphatic rings. The van der Waals surface area contributed by atoms with Gasteiger partial charge in [-0.05, 0) is 41.8 Å². The van der Waals surface area contributed by atoms with Crippen LogP contribution in [0, 0.1) is 0 Å². The summed E-state index contributed by atoms with van der Waals surface area (Å²) in [5.74, 6) is 1.57. The fraction of sp³-hybridized carbons (Fsp3) is 0.0476. The van der Waals surface area contributed by atoms with Gasteiger partial charge < -0.3 is 4.74 Å². The van der Waals surface area contributed by atoms with Crippen molar-refractivity contribution in [2.75, 3.05) is 7.11 Å². The highest BCUT2D eigenvalue weighted by Crippen LogP contribution is 2.30. The number of benzene rings is 2. The average Bonchev–Trinajstić information content (AvgIpc) is 3.23. The molecular formula is C21H16N2OS. The summed E-state index contributed by atoms with van der Waals surface area (Å²) in [7, 11) is 1.67. The Bertz CT molecular complexity index is 965. The SMILES string of the molecule is COc1ccc(-c2cc(-c3cccs3)nc(-c3ccccc3)n2)cc1. The molecule has 2 heterocycles. The van der Waals surface area contributed by atoms with Crippen LogP contribution < -0.4 is 4.74 Å². The molecule has 0 saturated carbocycles. The van der Waals surface area contributed by atoms with E-state index in [1.54, 1.807) is 18.4 Å². The van der Waals surface area contributed by atoms with Gasteiger partial charge in [-0.1, -0.05) is 36.4 Å². The van der Waals surface area contributed by atoms with Gasteiger partial charge in [-0.25, -0.2) is 9.97 Å². The molecule has 0 radical (unpaired) electrons. The first kappa shape index (κ1) is 15.5. The second kappa shape index (κ2) is 6.87. The third kappa shape index (κ3) is 3.30. The molecule has 0 aliphatic heterocycles. The van der Waals surface area contributed by atoms with Gasteiger partial charge in [0.2, 0.25) is 0 Å². The number of aromatic nitrogens is 2. The largest absolute Gasteiger partial charge is 0.497 e. The van der Waals surface area contributed by atoms with Crippen LogP contribution in [0.2, 0.25) is 0 Å². The highest BCUT2D eigenvalue weighted by atomic mass is 32.1. The van der Waals surface area contributed by atoms with Crippen LogP contribution in [0.5, 0.6) is 5.75 Å². The Morgan fingerprint density at radius 1 is 0.760 bits per heavy atom. The zero-order valence-corrected chi connectivity index (χ0v) is 14.5. The van der Waals surface area contributed by atoms with E-state index in [2.05, 4.69) is 11.4 Å². The van der Waals surface area contributed by atoms with Gasteiger partial charge >= 0.3 is 0 Å². The molecule has 4 heteroatoms.